The molecular formula is C22H13Cl2F3N2O2S. The van der Waals surface area contributed by atoms with Gasteiger partial charge in [0, 0.05) is 23.1 Å². The lowest BCUT2D eigenvalue weighted by atomic mass is 10.1. The van der Waals surface area contributed by atoms with Crippen LogP contribution < -0.4 is 5.32 Å². The van der Waals surface area contributed by atoms with Gasteiger partial charge in [0.25, 0.3) is 5.91 Å². The molecule has 0 aliphatic heterocycles. The van der Waals surface area contributed by atoms with Gasteiger partial charge in [-0.3, -0.25) is 10.1 Å². The number of benzene rings is 2. The Hall–Kier alpha value is -2.81. The molecule has 0 saturated carbocycles. The Kier molecular flexibility index (Phi) is 6.28. The van der Waals surface area contributed by atoms with Crippen LogP contribution in [0.4, 0.5) is 18.3 Å². The highest BCUT2D eigenvalue weighted by atomic mass is 35.5. The SMILES string of the molecule is O=C(Nc1ncc(Cc2ccc(Cl)c(Cl)c2)s1)c1ccc(-c2cccc(C(F)(F)F)c2)o1. The van der Waals surface area contributed by atoms with Crippen molar-refractivity contribution in [2.75, 3.05) is 5.32 Å². The van der Waals surface area contributed by atoms with E-state index < -0.39 is 17.6 Å². The molecule has 4 aromatic rings. The summed E-state index contributed by atoms with van der Waals surface area (Å²) in [6.45, 7) is 0. The molecule has 4 nitrogen and oxygen atoms in total. The van der Waals surface area contributed by atoms with E-state index in [0.717, 1.165) is 22.6 Å². The number of hydrogen-bond donors (Lipinski definition) is 1. The Morgan fingerprint density at radius 2 is 1.88 bits per heavy atom. The maximum atomic E-state index is 12.9. The molecule has 0 aliphatic rings. The van der Waals surface area contributed by atoms with Gasteiger partial charge in [-0.2, -0.15) is 13.2 Å². The lowest BCUT2D eigenvalue weighted by molar-refractivity contribution is -0.137. The molecule has 0 unspecified atom stereocenters. The fourth-order valence-corrected chi connectivity index (χ4v) is 4.08. The minimum Gasteiger partial charge on any atom is -0.451 e. The third-order valence-electron chi connectivity index (χ3n) is 4.44. The Labute approximate surface area is 194 Å². The van der Waals surface area contributed by atoms with Crippen LogP contribution in [0.25, 0.3) is 11.3 Å². The number of halogens is 5. The van der Waals surface area contributed by atoms with Crippen molar-refractivity contribution in [3.05, 3.63) is 92.6 Å². The fraction of sp³-hybridized carbons (Fsp3) is 0.0909. The van der Waals surface area contributed by atoms with Crippen molar-refractivity contribution >= 4 is 45.6 Å². The van der Waals surface area contributed by atoms with E-state index in [1.165, 1.54) is 35.6 Å². The first-order valence-electron chi connectivity index (χ1n) is 9.16. The summed E-state index contributed by atoms with van der Waals surface area (Å²) in [5, 5.41) is 3.92. The van der Waals surface area contributed by atoms with E-state index in [1.54, 1.807) is 18.3 Å². The molecule has 4 rings (SSSR count). The molecule has 0 saturated heterocycles. The van der Waals surface area contributed by atoms with Crippen LogP contribution in [0.2, 0.25) is 10.0 Å². The zero-order chi connectivity index (χ0) is 22.9. The molecule has 2 heterocycles. The van der Waals surface area contributed by atoms with Crippen molar-refractivity contribution in [3.8, 4) is 11.3 Å². The average molecular weight is 497 g/mol. The van der Waals surface area contributed by atoms with E-state index >= 15 is 0 Å². The van der Waals surface area contributed by atoms with Gasteiger partial charge in [0.1, 0.15) is 5.76 Å². The number of thiazole rings is 1. The van der Waals surface area contributed by atoms with E-state index in [9.17, 15) is 18.0 Å². The maximum absolute atomic E-state index is 12.9. The molecule has 0 fully saturated rings. The highest BCUT2D eigenvalue weighted by Crippen LogP contribution is 2.33. The number of amides is 1. The summed E-state index contributed by atoms with van der Waals surface area (Å²) in [7, 11) is 0. The van der Waals surface area contributed by atoms with Gasteiger partial charge in [-0.15, -0.1) is 11.3 Å². The number of anilines is 1. The molecule has 0 spiro atoms. The molecule has 2 aromatic carbocycles. The number of hydrogen-bond acceptors (Lipinski definition) is 4. The molecule has 0 bridgehead atoms. The number of nitrogens with one attached hydrogen (secondary N) is 1. The van der Waals surface area contributed by atoms with Crippen molar-refractivity contribution in [2.24, 2.45) is 0 Å². The summed E-state index contributed by atoms with van der Waals surface area (Å²) in [4.78, 5) is 17.6. The van der Waals surface area contributed by atoms with Gasteiger partial charge in [0.15, 0.2) is 10.9 Å². The first-order valence-corrected chi connectivity index (χ1v) is 10.7. The maximum Gasteiger partial charge on any atom is 0.416 e. The molecule has 0 atom stereocenters. The van der Waals surface area contributed by atoms with Crippen LogP contribution in [0, 0.1) is 0 Å². The number of aromatic nitrogens is 1. The van der Waals surface area contributed by atoms with Crippen molar-refractivity contribution in [1.82, 2.24) is 4.98 Å². The number of carbonyl (C=O) groups excluding carboxylic acids is 1. The molecule has 0 aliphatic carbocycles. The average Bonchev–Trinajstić information content (AvgIpc) is 3.40. The third kappa shape index (κ3) is 5.15. The van der Waals surface area contributed by atoms with Crippen molar-refractivity contribution in [1.29, 1.82) is 0 Å². The van der Waals surface area contributed by atoms with Crippen LogP contribution >= 0.6 is 34.5 Å². The first-order chi connectivity index (χ1) is 15.2. The fourth-order valence-electron chi connectivity index (χ4n) is 2.92. The van der Waals surface area contributed by atoms with E-state index in [4.69, 9.17) is 27.6 Å². The number of furan rings is 1. The Morgan fingerprint density at radius 1 is 1.06 bits per heavy atom. The topological polar surface area (TPSA) is 55.1 Å². The molecule has 0 radical (unpaired) electrons. The second kappa shape index (κ2) is 8.97. The summed E-state index contributed by atoms with van der Waals surface area (Å²) in [6, 6.07) is 12.9. The van der Waals surface area contributed by atoms with Gasteiger partial charge in [-0.25, -0.2) is 4.98 Å². The minimum atomic E-state index is -4.47. The zero-order valence-electron chi connectivity index (χ0n) is 16.0. The van der Waals surface area contributed by atoms with Crippen LogP contribution in [-0.2, 0) is 12.6 Å². The third-order valence-corrected chi connectivity index (χ3v) is 6.09. The van der Waals surface area contributed by atoms with Gasteiger partial charge in [-0.05, 0) is 42.0 Å². The second-order valence-electron chi connectivity index (χ2n) is 6.75. The van der Waals surface area contributed by atoms with E-state index in [-0.39, 0.29) is 17.1 Å². The van der Waals surface area contributed by atoms with Crippen molar-refractivity contribution in [3.63, 3.8) is 0 Å². The normalized spacial score (nSPS) is 11.5. The largest absolute Gasteiger partial charge is 0.451 e. The lowest BCUT2D eigenvalue weighted by Gasteiger charge is -2.07. The summed E-state index contributed by atoms with van der Waals surface area (Å²) in [6.07, 6.45) is -2.27. The summed E-state index contributed by atoms with van der Waals surface area (Å²) >= 11 is 13.2. The Balaban J connectivity index is 1.44. The molecule has 2 aromatic heterocycles. The van der Waals surface area contributed by atoms with Crippen LogP contribution in [0.1, 0.15) is 26.6 Å². The standard InChI is InChI=1S/C22H13Cl2F3N2O2S/c23-16-5-4-12(9-17(16)24)8-15-11-28-21(32-15)29-20(30)19-7-6-18(31-19)13-2-1-3-14(10-13)22(25,26)27/h1-7,9-11H,8H2,(H,28,29,30). The van der Waals surface area contributed by atoms with E-state index in [2.05, 4.69) is 10.3 Å². The second-order valence-corrected chi connectivity index (χ2v) is 8.68. The number of rotatable bonds is 5. The number of carbonyl (C=O) groups is 1. The molecule has 1 amide bonds. The van der Waals surface area contributed by atoms with Crippen molar-refractivity contribution < 1.29 is 22.4 Å². The minimum absolute atomic E-state index is 0.0429. The van der Waals surface area contributed by atoms with Gasteiger partial charge in [0.2, 0.25) is 0 Å². The quantitative estimate of drug-likeness (QED) is 0.309. The number of nitrogens with zero attached hydrogens (tertiary/aromatic N) is 1. The monoisotopic (exact) mass is 496 g/mol. The van der Waals surface area contributed by atoms with Gasteiger partial charge in [-0.1, -0.05) is 41.4 Å². The smallest absolute Gasteiger partial charge is 0.416 e. The highest BCUT2D eigenvalue weighted by Gasteiger charge is 2.30. The molecule has 32 heavy (non-hydrogen) atoms. The summed E-state index contributed by atoms with van der Waals surface area (Å²) in [5.74, 6) is -0.446. The first kappa shape index (κ1) is 22.4. The number of alkyl halides is 3. The van der Waals surface area contributed by atoms with Crippen LogP contribution in [0.15, 0.2) is 65.2 Å². The Morgan fingerprint density at radius 3 is 2.62 bits per heavy atom. The van der Waals surface area contributed by atoms with E-state index in [1.807, 2.05) is 6.07 Å². The predicted octanol–water partition coefficient (Wildman–Crippen LogP) is 7.57. The van der Waals surface area contributed by atoms with E-state index in [0.29, 0.717) is 21.6 Å². The Bertz CT molecular complexity index is 1280. The molecule has 164 valence electrons. The molecular weight excluding hydrogens is 484 g/mol. The van der Waals surface area contributed by atoms with Gasteiger partial charge >= 0.3 is 6.18 Å². The highest BCUT2D eigenvalue weighted by molar-refractivity contribution is 7.15. The summed E-state index contributed by atoms with van der Waals surface area (Å²) < 4.78 is 44.2. The lowest BCUT2D eigenvalue weighted by Crippen LogP contribution is -2.10. The predicted molar refractivity (Wildman–Crippen MR) is 118 cm³/mol. The van der Waals surface area contributed by atoms with Crippen LogP contribution in [-0.4, -0.2) is 10.9 Å². The summed E-state index contributed by atoms with van der Waals surface area (Å²) in [5.41, 5.74) is 0.365. The molecule has 1 N–H and O–H groups in total. The van der Waals surface area contributed by atoms with Crippen LogP contribution in [0.5, 0.6) is 0 Å². The van der Waals surface area contributed by atoms with Crippen LogP contribution in [0.3, 0.4) is 0 Å². The zero-order valence-corrected chi connectivity index (χ0v) is 18.4. The van der Waals surface area contributed by atoms with Gasteiger partial charge in [0.05, 0.1) is 15.6 Å². The van der Waals surface area contributed by atoms with Gasteiger partial charge < -0.3 is 4.42 Å². The van der Waals surface area contributed by atoms with Crippen molar-refractivity contribution in [2.45, 2.75) is 12.6 Å². The molecule has 10 heteroatoms.